The van der Waals surface area contributed by atoms with Crippen molar-refractivity contribution in [3.05, 3.63) is 23.4 Å². The second kappa shape index (κ2) is 8.10. The lowest BCUT2D eigenvalue weighted by Gasteiger charge is -2.21. The van der Waals surface area contributed by atoms with E-state index in [1.807, 2.05) is 19.2 Å². The summed E-state index contributed by atoms with van der Waals surface area (Å²) in [7, 11) is 0. The van der Waals surface area contributed by atoms with Crippen molar-refractivity contribution in [1.82, 2.24) is 4.98 Å². The normalized spacial score (nSPS) is 12.2. The molecule has 0 aliphatic heterocycles. The lowest BCUT2D eigenvalue weighted by atomic mass is 10.0. The largest absolute Gasteiger partial charge is 0.389 e. The summed E-state index contributed by atoms with van der Waals surface area (Å²) >= 11 is 5.14. The number of thiocarbonyl (C=S) groups is 1. The molecule has 1 aromatic heterocycles. The summed E-state index contributed by atoms with van der Waals surface area (Å²) in [6.45, 7) is 6.44. The van der Waals surface area contributed by atoms with Crippen LogP contribution in [-0.4, -0.2) is 16.0 Å². The molecule has 3 nitrogen and oxygen atoms in total. The lowest BCUT2D eigenvalue weighted by molar-refractivity contribution is 0.563. The topological polar surface area (TPSA) is 50.9 Å². The number of hydrogen-bond acceptors (Lipinski definition) is 3. The van der Waals surface area contributed by atoms with Crippen molar-refractivity contribution in [2.24, 2.45) is 5.73 Å². The number of rotatable bonds is 8. The number of hydrogen-bond donors (Lipinski definition) is 2. The molecule has 1 rings (SSSR count). The monoisotopic (exact) mass is 279 g/mol. The van der Waals surface area contributed by atoms with Crippen molar-refractivity contribution in [3.63, 3.8) is 0 Å². The molecule has 0 amide bonds. The molecular weight excluding hydrogens is 254 g/mol. The van der Waals surface area contributed by atoms with Gasteiger partial charge < -0.3 is 11.1 Å². The van der Waals surface area contributed by atoms with Gasteiger partial charge in [-0.15, -0.1) is 0 Å². The minimum atomic E-state index is 0.416. The number of nitrogens with two attached hydrogens (primary N) is 1. The van der Waals surface area contributed by atoms with E-state index in [2.05, 4.69) is 24.1 Å². The van der Waals surface area contributed by atoms with E-state index in [0.29, 0.717) is 11.0 Å². The van der Waals surface area contributed by atoms with Gasteiger partial charge in [0, 0.05) is 12.2 Å². The van der Waals surface area contributed by atoms with Crippen LogP contribution in [0.25, 0.3) is 0 Å². The quantitative estimate of drug-likeness (QED) is 0.711. The summed E-state index contributed by atoms with van der Waals surface area (Å²) < 4.78 is 0. The van der Waals surface area contributed by atoms with Crippen molar-refractivity contribution < 1.29 is 0 Å². The smallest absolute Gasteiger partial charge is 0.136 e. The number of aryl methyl sites for hydroxylation is 1. The van der Waals surface area contributed by atoms with Crippen LogP contribution in [0.1, 0.15) is 57.1 Å². The fourth-order valence-electron chi connectivity index (χ4n) is 2.26. The summed E-state index contributed by atoms with van der Waals surface area (Å²) in [6, 6.07) is 2.40. The van der Waals surface area contributed by atoms with Gasteiger partial charge in [0.2, 0.25) is 0 Å². The standard InChI is InChI=1S/C15H25N3S/c1-4-6-8-12(7-5-2)18-15-13(14(16)19)11(3)9-10-17-15/h9-10,12H,4-8H2,1-3H3,(H2,16,19)(H,17,18). The van der Waals surface area contributed by atoms with Gasteiger partial charge in [-0.2, -0.15) is 0 Å². The first-order valence-corrected chi connectivity index (χ1v) is 7.52. The molecule has 0 spiro atoms. The Morgan fingerprint density at radius 1 is 1.37 bits per heavy atom. The first kappa shape index (κ1) is 15.9. The van der Waals surface area contributed by atoms with Crippen LogP contribution < -0.4 is 11.1 Å². The molecule has 1 aromatic rings. The summed E-state index contributed by atoms with van der Waals surface area (Å²) in [6.07, 6.45) is 7.72. The molecule has 1 heterocycles. The minimum Gasteiger partial charge on any atom is -0.389 e. The van der Waals surface area contributed by atoms with Crippen LogP contribution in [0.2, 0.25) is 0 Å². The van der Waals surface area contributed by atoms with Gasteiger partial charge in [0.1, 0.15) is 10.8 Å². The van der Waals surface area contributed by atoms with Gasteiger partial charge in [0.15, 0.2) is 0 Å². The number of aromatic nitrogens is 1. The Balaban J connectivity index is 2.89. The van der Waals surface area contributed by atoms with Crippen LogP contribution in [0.5, 0.6) is 0 Å². The zero-order valence-corrected chi connectivity index (χ0v) is 13.0. The zero-order chi connectivity index (χ0) is 14.3. The van der Waals surface area contributed by atoms with Gasteiger partial charge >= 0.3 is 0 Å². The minimum absolute atomic E-state index is 0.416. The van der Waals surface area contributed by atoms with E-state index >= 15 is 0 Å². The SMILES string of the molecule is CCCCC(CCC)Nc1nccc(C)c1C(N)=S. The molecule has 1 atom stereocenters. The number of nitrogens with one attached hydrogen (secondary N) is 1. The highest BCUT2D eigenvalue weighted by Gasteiger charge is 2.14. The third-order valence-corrected chi connectivity index (χ3v) is 3.49. The van der Waals surface area contributed by atoms with Crippen molar-refractivity contribution >= 4 is 23.0 Å². The molecule has 0 saturated heterocycles. The third-order valence-electron chi connectivity index (χ3n) is 3.29. The van der Waals surface area contributed by atoms with E-state index in [1.54, 1.807) is 0 Å². The van der Waals surface area contributed by atoms with E-state index < -0.39 is 0 Å². The highest BCUT2D eigenvalue weighted by molar-refractivity contribution is 7.80. The molecule has 0 fully saturated rings. The Labute approximate surface area is 122 Å². The molecule has 0 bridgehead atoms. The highest BCUT2D eigenvalue weighted by atomic mass is 32.1. The molecule has 0 radical (unpaired) electrons. The molecule has 0 aromatic carbocycles. The summed E-state index contributed by atoms with van der Waals surface area (Å²) in [5.41, 5.74) is 7.78. The highest BCUT2D eigenvalue weighted by Crippen LogP contribution is 2.20. The van der Waals surface area contributed by atoms with Crippen molar-refractivity contribution in [2.45, 2.75) is 58.9 Å². The fraction of sp³-hybridized carbons (Fsp3) is 0.600. The number of nitrogens with zero attached hydrogens (tertiary/aromatic N) is 1. The van der Waals surface area contributed by atoms with Crippen LogP contribution in [-0.2, 0) is 0 Å². The number of pyridine rings is 1. The Bertz CT molecular complexity index is 418. The van der Waals surface area contributed by atoms with E-state index in [-0.39, 0.29) is 0 Å². The predicted molar refractivity (Wildman–Crippen MR) is 86.7 cm³/mol. The number of unbranched alkanes of at least 4 members (excludes halogenated alkanes) is 1. The summed E-state index contributed by atoms with van der Waals surface area (Å²) in [5, 5.41) is 3.53. The molecule has 4 heteroatoms. The van der Waals surface area contributed by atoms with E-state index in [4.69, 9.17) is 18.0 Å². The van der Waals surface area contributed by atoms with Crippen LogP contribution in [0.4, 0.5) is 5.82 Å². The molecule has 0 aliphatic rings. The Morgan fingerprint density at radius 3 is 2.68 bits per heavy atom. The maximum atomic E-state index is 5.82. The Kier molecular flexibility index (Phi) is 6.78. The average Bonchev–Trinajstić information content (AvgIpc) is 2.35. The van der Waals surface area contributed by atoms with Gasteiger partial charge in [-0.1, -0.05) is 45.3 Å². The molecular formula is C15H25N3S. The van der Waals surface area contributed by atoms with Gasteiger partial charge in [-0.05, 0) is 31.4 Å². The van der Waals surface area contributed by atoms with Crippen LogP contribution in [0, 0.1) is 6.92 Å². The summed E-state index contributed by atoms with van der Waals surface area (Å²) in [4.78, 5) is 4.83. The van der Waals surface area contributed by atoms with Gasteiger partial charge in [-0.3, -0.25) is 0 Å². The van der Waals surface area contributed by atoms with Crippen molar-refractivity contribution in [1.29, 1.82) is 0 Å². The lowest BCUT2D eigenvalue weighted by Crippen LogP contribution is -2.23. The van der Waals surface area contributed by atoms with Crippen LogP contribution >= 0.6 is 12.2 Å². The van der Waals surface area contributed by atoms with Crippen LogP contribution in [0.15, 0.2) is 12.3 Å². The van der Waals surface area contributed by atoms with Crippen LogP contribution in [0.3, 0.4) is 0 Å². The maximum Gasteiger partial charge on any atom is 0.136 e. The van der Waals surface area contributed by atoms with E-state index in [1.165, 1.54) is 12.8 Å². The fourth-order valence-corrected chi connectivity index (χ4v) is 2.52. The van der Waals surface area contributed by atoms with Gasteiger partial charge in [-0.25, -0.2) is 4.98 Å². The third kappa shape index (κ3) is 4.78. The first-order valence-electron chi connectivity index (χ1n) is 7.12. The maximum absolute atomic E-state index is 5.82. The molecule has 3 N–H and O–H groups in total. The molecule has 19 heavy (non-hydrogen) atoms. The molecule has 1 unspecified atom stereocenters. The average molecular weight is 279 g/mol. The van der Waals surface area contributed by atoms with E-state index in [0.717, 1.165) is 36.2 Å². The predicted octanol–water partition coefficient (Wildman–Crippen LogP) is 3.80. The molecule has 106 valence electrons. The van der Waals surface area contributed by atoms with Gasteiger partial charge in [0.25, 0.3) is 0 Å². The second-order valence-corrected chi connectivity index (χ2v) is 5.43. The molecule has 0 saturated carbocycles. The Hall–Kier alpha value is -1.16. The first-order chi connectivity index (χ1) is 9.10. The summed E-state index contributed by atoms with van der Waals surface area (Å²) in [5.74, 6) is 0.835. The molecule has 0 aliphatic carbocycles. The van der Waals surface area contributed by atoms with E-state index in [9.17, 15) is 0 Å². The number of anilines is 1. The van der Waals surface area contributed by atoms with Gasteiger partial charge in [0.05, 0.1) is 5.56 Å². The zero-order valence-electron chi connectivity index (χ0n) is 12.2. The second-order valence-electron chi connectivity index (χ2n) is 4.99. The van der Waals surface area contributed by atoms with Crippen molar-refractivity contribution in [3.8, 4) is 0 Å². The van der Waals surface area contributed by atoms with Crippen molar-refractivity contribution in [2.75, 3.05) is 5.32 Å². The Morgan fingerprint density at radius 2 is 2.11 bits per heavy atom.